The lowest BCUT2D eigenvalue weighted by Crippen LogP contribution is -2.06. The van der Waals surface area contributed by atoms with Crippen LogP contribution in [0.25, 0.3) is 0 Å². The molecule has 0 aliphatic carbocycles. The molecule has 1 aromatic rings. The molecule has 5 heteroatoms. The topological polar surface area (TPSA) is 63.0 Å². The highest BCUT2D eigenvalue weighted by atomic mass is 35.5. The lowest BCUT2D eigenvalue weighted by molar-refractivity contribution is -0.140. The molecule has 0 atom stereocenters. The van der Waals surface area contributed by atoms with Gasteiger partial charge in [0.25, 0.3) is 0 Å². The molecule has 90 valence electrons. The molecule has 4 nitrogen and oxygen atoms in total. The SMILES string of the molecule is COC(=O)CCc1c(C)nc(Cl)c(C#N)c1C. The Balaban J connectivity index is 3.08. The van der Waals surface area contributed by atoms with E-state index in [9.17, 15) is 4.79 Å². The highest BCUT2D eigenvalue weighted by Gasteiger charge is 2.14. The van der Waals surface area contributed by atoms with E-state index in [0.717, 1.165) is 16.8 Å². The second-order valence-electron chi connectivity index (χ2n) is 3.65. The summed E-state index contributed by atoms with van der Waals surface area (Å²) in [6.45, 7) is 3.62. The van der Waals surface area contributed by atoms with Crippen molar-refractivity contribution in [1.82, 2.24) is 4.98 Å². The first-order chi connectivity index (χ1) is 8.01. The molecule has 0 amide bonds. The van der Waals surface area contributed by atoms with E-state index in [4.69, 9.17) is 16.9 Å². The monoisotopic (exact) mass is 252 g/mol. The van der Waals surface area contributed by atoms with Gasteiger partial charge in [0.05, 0.1) is 12.7 Å². The molecule has 0 aromatic carbocycles. The van der Waals surface area contributed by atoms with Gasteiger partial charge in [-0.15, -0.1) is 0 Å². The number of aromatic nitrogens is 1. The van der Waals surface area contributed by atoms with E-state index in [1.807, 2.05) is 19.9 Å². The zero-order valence-corrected chi connectivity index (χ0v) is 10.8. The van der Waals surface area contributed by atoms with Crippen LogP contribution in [0.15, 0.2) is 0 Å². The van der Waals surface area contributed by atoms with Crippen LogP contribution in [-0.4, -0.2) is 18.1 Å². The zero-order valence-electron chi connectivity index (χ0n) is 10.0. The number of pyridine rings is 1. The Labute approximate surface area is 105 Å². The van der Waals surface area contributed by atoms with E-state index in [-0.39, 0.29) is 17.5 Å². The van der Waals surface area contributed by atoms with Crippen LogP contribution in [0.4, 0.5) is 0 Å². The quantitative estimate of drug-likeness (QED) is 0.612. The minimum absolute atomic E-state index is 0.212. The maximum Gasteiger partial charge on any atom is 0.305 e. The number of methoxy groups -OCH3 is 1. The number of nitrogens with zero attached hydrogens (tertiary/aromatic N) is 2. The van der Waals surface area contributed by atoms with Crippen LogP contribution in [0.5, 0.6) is 0 Å². The van der Waals surface area contributed by atoms with Crippen LogP contribution in [0.2, 0.25) is 5.15 Å². The molecule has 1 aromatic heterocycles. The summed E-state index contributed by atoms with van der Waals surface area (Å²) in [5.41, 5.74) is 2.79. The van der Waals surface area contributed by atoms with Gasteiger partial charge in [0.2, 0.25) is 0 Å². The largest absolute Gasteiger partial charge is 0.469 e. The number of nitriles is 1. The van der Waals surface area contributed by atoms with Crippen molar-refractivity contribution in [2.45, 2.75) is 26.7 Å². The Morgan fingerprint density at radius 2 is 2.18 bits per heavy atom. The fourth-order valence-electron chi connectivity index (χ4n) is 1.68. The average Bonchev–Trinajstić information content (AvgIpc) is 2.28. The predicted octanol–water partition coefficient (Wildman–Crippen LogP) is 2.33. The number of hydrogen-bond acceptors (Lipinski definition) is 4. The minimum atomic E-state index is -0.280. The molecular weight excluding hydrogens is 240 g/mol. The Morgan fingerprint density at radius 3 is 2.71 bits per heavy atom. The third-order valence-corrected chi connectivity index (χ3v) is 2.93. The first-order valence-electron chi connectivity index (χ1n) is 5.13. The summed E-state index contributed by atoms with van der Waals surface area (Å²) in [6.07, 6.45) is 0.773. The van der Waals surface area contributed by atoms with Crippen LogP contribution in [0.1, 0.15) is 28.8 Å². The molecule has 0 unspecified atom stereocenters. The van der Waals surface area contributed by atoms with Crippen LogP contribution < -0.4 is 0 Å². The number of hydrogen-bond donors (Lipinski definition) is 0. The summed E-state index contributed by atoms with van der Waals surface area (Å²) in [6, 6.07) is 2.02. The van der Waals surface area contributed by atoms with Crippen molar-refractivity contribution in [2.24, 2.45) is 0 Å². The van der Waals surface area contributed by atoms with Crippen molar-refractivity contribution in [3.05, 3.63) is 27.5 Å². The number of halogens is 1. The number of carbonyl (C=O) groups is 1. The first-order valence-corrected chi connectivity index (χ1v) is 5.51. The average molecular weight is 253 g/mol. The second-order valence-corrected chi connectivity index (χ2v) is 4.01. The lowest BCUT2D eigenvalue weighted by atomic mass is 9.99. The fraction of sp³-hybridized carbons (Fsp3) is 0.417. The molecule has 0 aliphatic rings. The van der Waals surface area contributed by atoms with Crippen LogP contribution in [0.3, 0.4) is 0 Å². The third kappa shape index (κ3) is 2.95. The van der Waals surface area contributed by atoms with Gasteiger partial charge in [-0.25, -0.2) is 4.98 Å². The highest BCUT2D eigenvalue weighted by molar-refractivity contribution is 6.30. The van der Waals surface area contributed by atoms with Crippen LogP contribution in [-0.2, 0) is 16.0 Å². The summed E-state index contributed by atoms with van der Waals surface area (Å²) >= 11 is 5.87. The van der Waals surface area contributed by atoms with Crippen LogP contribution >= 0.6 is 11.6 Å². The fourth-order valence-corrected chi connectivity index (χ4v) is 1.99. The van der Waals surface area contributed by atoms with Gasteiger partial charge in [-0.05, 0) is 31.4 Å². The van der Waals surface area contributed by atoms with Crippen molar-refractivity contribution in [2.75, 3.05) is 7.11 Å². The van der Waals surface area contributed by atoms with Gasteiger partial charge < -0.3 is 4.74 Å². The number of aryl methyl sites for hydroxylation is 1. The van der Waals surface area contributed by atoms with Crippen molar-refractivity contribution in [3.63, 3.8) is 0 Å². The molecule has 0 aliphatic heterocycles. The molecule has 1 rings (SSSR count). The van der Waals surface area contributed by atoms with E-state index in [1.165, 1.54) is 7.11 Å². The normalized spacial score (nSPS) is 9.82. The van der Waals surface area contributed by atoms with E-state index in [1.54, 1.807) is 0 Å². The van der Waals surface area contributed by atoms with Gasteiger partial charge in [0, 0.05) is 12.1 Å². The predicted molar refractivity (Wildman–Crippen MR) is 63.8 cm³/mol. The zero-order chi connectivity index (χ0) is 13.0. The third-order valence-electron chi connectivity index (χ3n) is 2.66. The molecule has 0 fully saturated rings. The molecule has 17 heavy (non-hydrogen) atoms. The molecule has 0 bridgehead atoms. The Kier molecular flexibility index (Phi) is 4.47. The standard InChI is InChI=1S/C12H13ClN2O2/c1-7-9(4-5-11(16)17-3)8(2)15-12(13)10(7)6-14/h4-5H2,1-3H3. The molecular formula is C12H13ClN2O2. The maximum atomic E-state index is 11.1. The van der Waals surface area contributed by atoms with Crippen molar-refractivity contribution >= 4 is 17.6 Å². The summed E-state index contributed by atoms with van der Waals surface area (Å²) in [5, 5.41) is 9.18. The van der Waals surface area contributed by atoms with Crippen molar-refractivity contribution < 1.29 is 9.53 Å². The summed E-state index contributed by atoms with van der Waals surface area (Å²) < 4.78 is 4.58. The number of rotatable bonds is 3. The van der Waals surface area contributed by atoms with Crippen LogP contribution in [0, 0.1) is 25.2 Å². The molecule has 1 heterocycles. The Hall–Kier alpha value is -1.60. The van der Waals surface area contributed by atoms with E-state index in [2.05, 4.69) is 9.72 Å². The lowest BCUT2D eigenvalue weighted by Gasteiger charge is -2.11. The molecule has 0 N–H and O–H groups in total. The minimum Gasteiger partial charge on any atom is -0.469 e. The second kappa shape index (κ2) is 5.65. The van der Waals surface area contributed by atoms with E-state index in [0.29, 0.717) is 12.0 Å². The van der Waals surface area contributed by atoms with Gasteiger partial charge in [0.1, 0.15) is 11.2 Å². The summed E-state index contributed by atoms with van der Waals surface area (Å²) in [4.78, 5) is 15.2. The number of ether oxygens (including phenoxy) is 1. The first kappa shape index (κ1) is 13.5. The Bertz CT molecular complexity index is 492. The van der Waals surface area contributed by atoms with Gasteiger partial charge in [-0.3, -0.25) is 4.79 Å². The van der Waals surface area contributed by atoms with Gasteiger partial charge in [-0.1, -0.05) is 11.6 Å². The van der Waals surface area contributed by atoms with Gasteiger partial charge in [-0.2, -0.15) is 5.26 Å². The highest BCUT2D eigenvalue weighted by Crippen LogP contribution is 2.23. The summed E-state index contributed by atoms with van der Waals surface area (Å²) in [5.74, 6) is -0.280. The molecule has 0 spiro atoms. The van der Waals surface area contributed by atoms with Gasteiger partial charge >= 0.3 is 5.97 Å². The Morgan fingerprint density at radius 1 is 1.53 bits per heavy atom. The van der Waals surface area contributed by atoms with Gasteiger partial charge in [0.15, 0.2) is 0 Å². The molecule has 0 saturated carbocycles. The molecule has 0 saturated heterocycles. The van der Waals surface area contributed by atoms with E-state index >= 15 is 0 Å². The van der Waals surface area contributed by atoms with Crippen molar-refractivity contribution in [1.29, 1.82) is 5.26 Å². The number of carbonyl (C=O) groups excluding carboxylic acids is 1. The molecule has 0 radical (unpaired) electrons. The van der Waals surface area contributed by atoms with Crippen molar-refractivity contribution in [3.8, 4) is 6.07 Å². The maximum absolute atomic E-state index is 11.1. The number of esters is 1. The summed E-state index contributed by atoms with van der Waals surface area (Å²) in [7, 11) is 1.35. The smallest absolute Gasteiger partial charge is 0.305 e. The van der Waals surface area contributed by atoms with E-state index < -0.39 is 0 Å².